The van der Waals surface area contributed by atoms with E-state index < -0.39 is 11.9 Å². The van der Waals surface area contributed by atoms with Crippen molar-refractivity contribution in [1.29, 1.82) is 0 Å². The molecule has 0 aromatic carbocycles. The number of hydrogen-bond acceptors (Lipinski definition) is 4. The van der Waals surface area contributed by atoms with Gasteiger partial charge in [0.25, 0.3) is 0 Å². The molecule has 16 heavy (non-hydrogen) atoms. The highest BCUT2D eigenvalue weighted by Gasteiger charge is 2.09. The summed E-state index contributed by atoms with van der Waals surface area (Å²) in [6, 6.07) is 1.59. The third-order valence-corrected chi connectivity index (χ3v) is 2.43. The average Bonchev–Trinajstić information content (AvgIpc) is 2.66. The van der Waals surface area contributed by atoms with Crippen LogP contribution >= 0.6 is 15.9 Å². The fourth-order valence-electron chi connectivity index (χ4n) is 1.00. The Balaban J connectivity index is 2.90. The number of rotatable bonds is 3. The van der Waals surface area contributed by atoms with Gasteiger partial charge in [0.1, 0.15) is 0 Å². The van der Waals surface area contributed by atoms with E-state index in [1.807, 2.05) is 0 Å². The van der Waals surface area contributed by atoms with Gasteiger partial charge in [-0.3, -0.25) is 0 Å². The first-order chi connectivity index (χ1) is 7.58. The molecule has 0 atom stereocenters. The molecule has 0 bridgehead atoms. The SMILES string of the molecule is COC(=O)/C=C/n1cc(C(=O)OC)cc1Br. The van der Waals surface area contributed by atoms with Crippen molar-refractivity contribution in [3.63, 3.8) is 0 Å². The first-order valence-corrected chi connectivity index (χ1v) is 5.09. The van der Waals surface area contributed by atoms with Crippen molar-refractivity contribution >= 4 is 34.1 Å². The minimum Gasteiger partial charge on any atom is -0.466 e. The molecule has 0 saturated carbocycles. The Morgan fingerprint density at radius 1 is 1.38 bits per heavy atom. The summed E-state index contributed by atoms with van der Waals surface area (Å²) >= 11 is 3.24. The number of carbonyl (C=O) groups is 2. The predicted octanol–water partition coefficient (Wildman–Crippen LogP) is 1.68. The second-order valence-electron chi connectivity index (χ2n) is 2.79. The lowest BCUT2D eigenvalue weighted by Crippen LogP contribution is -1.99. The number of methoxy groups -OCH3 is 2. The third kappa shape index (κ3) is 2.96. The van der Waals surface area contributed by atoms with Crippen LogP contribution in [0.15, 0.2) is 22.9 Å². The number of halogens is 1. The largest absolute Gasteiger partial charge is 0.466 e. The molecule has 1 aromatic rings. The number of esters is 2. The average molecular weight is 288 g/mol. The summed E-state index contributed by atoms with van der Waals surface area (Å²) in [4.78, 5) is 22.1. The minimum atomic E-state index is -0.472. The molecular weight excluding hydrogens is 278 g/mol. The van der Waals surface area contributed by atoms with E-state index in [0.717, 1.165) is 0 Å². The van der Waals surface area contributed by atoms with Crippen LogP contribution in [0.5, 0.6) is 0 Å². The second kappa shape index (κ2) is 5.50. The summed E-state index contributed by atoms with van der Waals surface area (Å²) in [6.07, 6.45) is 4.25. The van der Waals surface area contributed by atoms with Crippen LogP contribution < -0.4 is 0 Å². The normalized spacial score (nSPS) is 10.4. The first-order valence-electron chi connectivity index (χ1n) is 4.30. The zero-order chi connectivity index (χ0) is 12.1. The molecule has 6 heteroatoms. The third-order valence-electron chi connectivity index (χ3n) is 1.79. The highest BCUT2D eigenvalue weighted by Crippen LogP contribution is 2.16. The van der Waals surface area contributed by atoms with Gasteiger partial charge in [-0.15, -0.1) is 0 Å². The summed E-state index contributed by atoms with van der Waals surface area (Å²) in [5.41, 5.74) is 0.392. The van der Waals surface area contributed by atoms with Gasteiger partial charge in [0.15, 0.2) is 0 Å². The molecule has 1 rings (SSSR count). The van der Waals surface area contributed by atoms with Gasteiger partial charge >= 0.3 is 11.9 Å². The second-order valence-corrected chi connectivity index (χ2v) is 3.60. The molecule has 0 N–H and O–H groups in total. The van der Waals surface area contributed by atoms with Crippen molar-refractivity contribution in [2.24, 2.45) is 0 Å². The van der Waals surface area contributed by atoms with E-state index in [9.17, 15) is 9.59 Å². The zero-order valence-corrected chi connectivity index (χ0v) is 10.4. The predicted molar refractivity (Wildman–Crippen MR) is 60.8 cm³/mol. The maximum atomic E-state index is 11.2. The van der Waals surface area contributed by atoms with Crippen molar-refractivity contribution in [3.8, 4) is 0 Å². The number of aromatic nitrogens is 1. The van der Waals surface area contributed by atoms with E-state index in [1.165, 1.54) is 32.7 Å². The number of ether oxygens (including phenoxy) is 2. The lowest BCUT2D eigenvalue weighted by molar-refractivity contribution is -0.134. The fraction of sp³-hybridized carbons (Fsp3) is 0.200. The van der Waals surface area contributed by atoms with E-state index >= 15 is 0 Å². The van der Waals surface area contributed by atoms with E-state index in [0.29, 0.717) is 10.2 Å². The smallest absolute Gasteiger partial charge is 0.339 e. The van der Waals surface area contributed by atoms with Crippen LogP contribution in [0.25, 0.3) is 6.20 Å². The van der Waals surface area contributed by atoms with Crippen LogP contribution in [-0.4, -0.2) is 30.7 Å². The van der Waals surface area contributed by atoms with Crippen LogP contribution in [0.4, 0.5) is 0 Å². The molecule has 0 spiro atoms. The van der Waals surface area contributed by atoms with Crippen molar-refractivity contribution < 1.29 is 19.1 Å². The zero-order valence-electron chi connectivity index (χ0n) is 8.77. The molecule has 0 aliphatic heterocycles. The molecule has 0 aliphatic rings. The number of carbonyl (C=O) groups excluding carboxylic acids is 2. The van der Waals surface area contributed by atoms with Crippen molar-refractivity contribution in [2.45, 2.75) is 0 Å². The Morgan fingerprint density at radius 2 is 2.06 bits per heavy atom. The monoisotopic (exact) mass is 287 g/mol. The topological polar surface area (TPSA) is 57.5 Å². The number of hydrogen-bond donors (Lipinski definition) is 0. The molecule has 1 aromatic heterocycles. The highest BCUT2D eigenvalue weighted by atomic mass is 79.9. The van der Waals surface area contributed by atoms with E-state index in [1.54, 1.807) is 10.6 Å². The van der Waals surface area contributed by atoms with Gasteiger partial charge in [-0.1, -0.05) is 0 Å². The molecule has 0 radical (unpaired) electrons. The molecule has 0 fully saturated rings. The molecule has 0 amide bonds. The molecule has 86 valence electrons. The Labute approximate surface area is 101 Å². The lowest BCUT2D eigenvalue weighted by atomic mass is 10.3. The molecule has 0 aliphatic carbocycles. The van der Waals surface area contributed by atoms with Crippen LogP contribution in [-0.2, 0) is 14.3 Å². The summed E-state index contributed by atoms with van der Waals surface area (Å²) in [5, 5.41) is 0. The van der Waals surface area contributed by atoms with Gasteiger partial charge in [-0.25, -0.2) is 9.59 Å². The standard InChI is InChI=1S/C10H10BrNO4/c1-15-9(13)3-4-12-6-7(5-8(12)11)10(14)16-2/h3-6H,1-2H3/b4-3+. The molecule has 0 saturated heterocycles. The number of nitrogens with zero attached hydrogens (tertiary/aromatic N) is 1. The van der Waals surface area contributed by atoms with Crippen molar-refractivity contribution in [2.75, 3.05) is 14.2 Å². The Morgan fingerprint density at radius 3 is 2.62 bits per heavy atom. The van der Waals surface area contributed by atoms with Crippen LogP contribution in [0.3, 0.4) is 0 Å². The Bertz CT molecular complexity index is 436. The van der Waals surface area contributed by atoms with Crippen LogP contribution in [0.1, 0.15) is 10.4 Å². The molecular formula is C10H10BrNO4. The van der Waals surface area contributed by atoms with Crippen molar-refractivity contribution in [3.05, 3.63) is 28.5 Å². The highest BCUT2D eigenvalue weighted by molar-refractivity contribution is 9.10. The molecule has 5 nitrogen and oxygen atoms in total. The van der Waals surface area contributed by atoms with E-state index in [4.69, 9.17) is 0 Å². The van der Waals surface area contributed by atoms with Gasteiger partial charge in [-0.2, -0.15) is 0 Å². The maximum Gasteiger partial charge on any atom is 0.339 e. The van der Waals surface area contributed by atoms with Gasteiger partial charge in [0.05, 0.1) is 24.4 Å². The summed E-state index contributed by atoms with van der Waals surface area (Å²) in [7, 11) is 2.59. The fourth-order valence-corrected chi connectivity index (χ4v) is 1.47. The van der Waals surface area contributed by atoms with E-state index in [2.05, 4.69) is 25.4 Å². The van der Waals surface area contributed by atoms with Gasteiger partial charge in [0.2, 0.25) is 0 Å². The van der Waals surface area contributed by atoms with Gasteiger partial charge in [-0.05, 0) is 22.0 Å². The lowest BCUT2D eigenvalue weighted by Gasteiger charge is -1.95. The Kier molecular flexibility index (Phi) is 4.30. The minimum absolute atomic E-state index is 0.392. The maximum absolute atomic E-state index is 11.2. The van der Waals surface area contributed by atoms with Crippen LogP contribution in [0.2, 0.25) is 0 Å². The van der Waals surface area contributed by atoms with Gasteiger partial charge in [0, 0.05) is 18.5 Å². The van der Waals surface area contributed by atoms with E-state index in [-0.39, 0.29) is 0 Å². The molecule has 0 unspecified atom stereocenters. The summed E-state index contributed by atoms with van der Waals surface area (Å²) < 4.78 is 11.2. The summed E-state index contributed by atoms with van der Waals surface area (Å²) in [6.45, 7) is 0. The van der Waals surface area contributed by atoms with Gasteiger partial charge < -0.3 is 14.0 Å². The molecule has 1 heterocycles. The quantitative estimate of drug-likeness (QED) is 0.627. The first kappa shape index (κ1) is 12.5. The van der Waals surface area contributed by atoms with Crippen LogP contribution in [0, 0.1) is 0 Å². The summed E-state index contributed by atoms with van der Waals surface area (Å²) in [5.74, 6) is -0.911. The van der Waals surface area contributed by atoms with Crippen molar-refractivity contribution in [1.82, 2.24) is 4.57 Å². The Hall–Kier alpha value is -1.56.